The predicted molar refractivity (Wildman–Crippen MR) is 81.1 cm³/mol. The van der Waals surface area contributed by atoms with Crippen LogP contribution in [0.15, 0.2) is 28.1 Å². The van der Waals surface area contributed by atoms with E-state index in [-0.39, 0.29) is 11.9 Å². The second-order valence-corrected chi connectivity index (χ2v) is 6.22. The molecule has 2 aromatic rings. The number of nitrogens with zero attached hydrogens (tertiary/aromatic N) is 1. The summed E-state index contributed by atoms with van der Waals surface area (Å²) in [5, 5.41) is 6.39. The Balaban J connectivity index is 2.23. The molecule has 1 aromatic heterocycles. The maximum absolute atomic E-state index is 14.0. The highest BCUT2D eigenvalue weighted by molar-refractivity contribution is 9.10. The normalized spacial score (nSPS) is 12.6. The summed E-state index contributed by atoms with van der Waals surface area (Å²) in [6, 6.07) is 5.17. The molecule has 2 nitrogen and oxygen atoms in total. The molecule has 0 fully saturated rings. The molecule has 0 saturated heterocycles. The van der Waals surface area contributed by atoms with Crippen LogP contribution in [0, 0.1) is 12.7 Å². The maximum atomic E-state index is 14.0. The average Bonchev–Trinajstić information content (AvgIpc) is 2.74. The number of hydrogen-bond donors (Lipinski definition) is 1. The summed E-state index contributed by atoms with van der Waals surface area (Å²) in [5.41, 5.74) is 1.71. The van der Waals surface area contributed by atoms with Crippen LogP contribution in [-0.4, -0.2) is 11.5 Å². The zero-order valence-electron chi connectivity index (χ0n) is 10.9. The number of halogens is 2. The highest BCUT2D eigenvalue weighted by atomic mass is 79.9. The molecule has 0 aliphatic carbocycles. The predicted octanol–water partition coefficient (Wildman–Crippen LogP) is 4.25. The van der Waals surface area contributed by atoms with E-state index in [1.165, 1.54) is 6.07 Å². The molecule has 0 radical (unpaired) electrons. The molecule has 1 heterocycles. The molecular formula is C14H16BrFN2S. The van der Waals surface area contributed by atoms with Gasteiger partial charge >= 0.3 is 0 Å². The molecule has 0 aliphatic rings. The van der Waals surface area contributed by atoms with Crippen molar-refractivity contribution in [2.75, 3.05) is 6.54 Å². The van der Waals surface area contributed by atoms with E-state index in [1.807, 2.05) is 31.4 Å². The highest BCUT2D eigenvalue weighted by Gasteiger charge is 2.17. The van der Waals surface area contributed by atoms with E-state index < -0.39 is 0 Å². The lowest BCUT2D eigenvalue weighted by Crippen LogP contribution is -2.24. The van der Waals surface area contributed by atoms with Crippen LogP contribution in [0.25, 0.3) is 0 Å². The number of aromatic nitrogens is 1. The van der Waals surface area contributed by atoms with Crippen LogP contribution in [0.3, 0.4) is 0 Å². The Morgan fingerprint density at radius 3 is 2.84 bits per heavy atom. The standard InChI is InChI=1S/C14H16BrFN2S/c1-3-17-13(7-14-18-9(2)8-19-14)11-5-4-10(15)6-12(11)16/h4-6,8,13,17H,3,7H2,1-2H3. The summed E-state index contributed by atoms with van der Waals surface area (Å²) in [4.78, 5) is 4.45. The largest absolute Gasteiger partial charge is 0.310 e. The van der Waals surface area contributed by atoms with Gasteiger partial charge in [0, 0.05) is 33.6 Å². The lowest BCUT2D eigenvalue weighted by Gasteiger charge is -2.18. The van der Waals surface area contributed by atoms with Gasteiger partial charge in [0.15, 0.2) is 0 Å². The van der Waals surface area contributed by atoms with Gasteiger partial charge in [-0.25, -0.2) is 9.37 Å². The van der Waals surface area contributed by atoms with Gasteiger partial charge in [-0.3, -0.25) is 0 Å². The number of nitrogens with one attached hydrogen (secondary N) is 1. The minimum Gasteiger partial charge on any atom is -0.310 e. The van der Waals surface area contributed by atoms with E-state index >= 15 is 0 Å². The summed E-state index contributed by atoms with van der Waals surface area (Å²) >= 11 is 4.91. The van der Waals surface area contributed by atoms with Gasteiger partial charge in [0.05, 0.1) is 5.01 Å². The Hall–Kier alpha value is -0.780. The van der Waals surface area contributed by atoms with Crippen LogP contribution in [0.5, 0.6) is 0 Å². The number of rotatable bonds is 5. The fourth-order valence-electron chi connectivity index (χ4n) is 1.99. The molecular weight excluding hydrogens is 327 g/mol. The Labute approximate surface area is 125 Å². The molecule has 0 bridgehead atoms. The first-order valence-electron chi connectivity index (χ1n) is 6.19. The minimum absolute atomic E-state index is 0.0383. The van der Waals surface area contributed by atoms with Crippen molar-refractivity contribution in [3.05, 3.63) is 50.1 Å². The third kappa shape index (κ3) is 3.84. The lowest BCUT2D eigenvalue weighted by atomic mass is 10.0. The summed E-state index contributed by atoms with van der Waals surface area (Å²) in [6.45, 7) is 4.80. The van der Waals surface area contributed by atoms with Crippen LogP contribution in [-0.2, 0) is 6.42 Å². The quantitative estimate of drug-likeness (QED) is 0.878. The van der Waals surface area contributed by atoms with Crippen molar-refractivity contribution < 1.29 is 4.39 Å². The Morgan fingerprint density at radius 1 is 1.47 bits per heavy atom. The van der Waals surface area contributed by atoms with Crippen LogP contribution in [0.2, 0.25) is 0 Å². The van der Waals surface area contributed by atoms with E-state index in [4.69, 9.17) is 0 Å². The number of likely N-dealkylation sites (N-methyl/N-ethyl adjacent to an activating group) is 1. The van der Waals surface area contributed by atoms with E-state index in [0.29, 0.717) is 12.0 Å². The van der Waals surface area contributed by atoms with Crippen molar-refractivity contribution in [2.45, 2.75) is 26.3 Å². The number of benzene rings is 1. The average molecular weight is 343 g/mol. The maximum Gasteiger partial charge on any atom is 0.129 e. The molecule has 1 unspecified atom stereocenters. The van der Waals surface area contributed by atoms with Crippen molar-refractivity contribution >= 4 is 27.3 Å². The van der Waals surface area contributed by atoms with Crippen LogP contribution >= 0.6 is 27.3 Å². The van der Waals surface area contributed by atoms with Crippen molar-refractivity contribution in [2.24, 2.45) is 0 Å². The molecule has 1 atom stereocenters. The van der Waals surface area contributed by atoms with Gasteiger partial charge in [0.1, 0.15) is 5.82 Å². The SMILES string of the molecule is CCNC(Cc1nc(C)cs1)c1ccc(Br)cc1F. The second kappa shape index (κ2) is 6.59. The van der Waals surface area contributed by atoms with Crippen molar-refractivity contribution in [1.29, 1.82) is 0 Å². The molecule has 0 aliphatic heterocycles. The van der Waals surface area contributed by atoms with E-state index in [0.717, 1.165) is 21.7 Å². The molecule has 1 aromatic carbocycles. The van der Waals surface area contributed by atoms with Gasteiger partial charge < -0.3 is 5.32 Å². The van der Waals surface area contributed by atoms with Gasteiger partial charge in [-0.1, -0.05) is 28.9 Å². The zero-order chi connectivity index (χ0) is 13.8. The zero-order valence-corrected chi connectivity index (χ0v) is 13.3. The van der Waals surface area contributed by atoms with E-state index in [1.54, 1.807) is 11.3 Å². The van der Waals surface area contributed by atoms with E-state index in [9.17, 15) is 4.39 Å². The Morgan fingerprint density at radius 2 is 2.26 bits per heavy atom. The topological polar surface area (TPSA) is 24.9 Å². The molecule has 5 heteroatoms. The van der Waals surface area contributed by atoms with Crippen LogP contribution < -0.4 is 5.32 Å². The summed E-state index contributed by atoms with van der Waals surface area (Å²) in [6.07, 6.45) is 0.713. The first-order chi connectivity index (χ1) is 9.10. The first kappa shape index (κ1) is 14.6. The third-order valence-electron chi connectivity index (χ3n) is 2.83. The Kier molecular flexibility index (Phi) is 5.07. The first-order valence-corrected chi connectivity index (χ1v) is 7.86. The van der Waals surface area contributed by atoms with E-state index in [2.05, 4.69) is 26.2 Å². The lowest BCUT2D eigenvalue weighted by molar-refractivity contribution is 0.509. The number of thiazole rings is 1. The monoisotopic (exact) mass is 342 g/mol. The minimum atomic E-state index is -0.186. The molecule has 1 N–H and O–H groups in total. The summed E-state index contributed by atoms with van der Waals surface area (Å²) < 4.78 is 14.8. The van der Waals surface area contributed by atoms with Crippen molar-refractivity contribution in [3.8, 4) is 0 Å². The fourth-order valence-corrected chi connectivity index (χ4v) is 3.15. The molecule has 0 spiro atoms. The molecule has 0 saturated carbocycles. The van der Waals surface area contributed by atoms with Gasteiger partial charge in [-0.2, -0.15) is 0 Å². The molecule has 19 heavy (non-hydrogen) atoms. The second-order valence-electron chi connectivity index (χ2n) is 4.36. The summed E-state index contributed by atoms with van der Waals surface area (Å²) in [5.74, 6) is -0.186. The van der Waals surface area contributed by atoms with Crippen LogP contribution in [0.1, 0.15) is 29.2 Å². The van der Waals surface area contributed by atoms with Gasteiger partial charge in [0.25, 0.3) is 0 Å². The molecule has 102 valence electrons. The van der Waals surface area contributed by atoms with Gasteiger partial charge in [0.2, 0.25) is 0 Å². The van der Waals surface area contributed by atoms with Crippen molar-refractivity contribution in [3.63, 3.8) is 0 Å². The van der Waals surface area contributed by atoms with Crippen molar-refractivity contribution in [1.82, 2.24) is 10.3 Å². The third-order valence-corrected chi connectivity index (χ3v) is 4.32. The Bertz CT molecular complexity index is 556. The number of hydrogen-bond acceptors (Lipinski definition) is 3. The van der Waals surface area contributed by atoms with Gasteiger partial charge in [-0.05, 0) is 25.6 Å². The highest BCUT2D eigenvalue weighted by Crippen LogP contribution is 2.25. The molecule has 2 rings (SSSR count). The summed E-state index contributed by atoms with van der Waals surface area (Å²) in [7, 11) is 0. The number of aryl methyl sites for hydroxylation is 1. The van der Waals surface area contributed by atoms with Gasteiger partial charge in [-0.15, -0.1) is 11.3 Å². The smallest absolute Gasteiger partial charge is 0.129 e. The fraction of sp³-hybridized carbons (Fsp3) is 0.357. The van der Waals surface area contributed by atoms with Crippen LogP contribution in [0.4, 0.5) is 4.39 Å². The molecule has 0 amide bonds.